The first kappa shape index (κ1) is 85.9. The second kappa shape index (κ2) is 80.3. The molecule has 0 atom stereocenters. The van der Waals surface area contributed by atoms with E-state index in [1.54, 1.807) is 0 Å². The number of nitrogens with two attached hydrogens (primary N) is 4. The van der Waals surface area contributed by atoms with Crippen LogP contribution in [-0.2, 0) is 13.4 Å². The van der Waals surface area contributed by atoms with Gasteiger partial charge in [0.2, 0.25) is 0 Å². The minimum Gasteiger partial charge on any atom is -0.330 e. The lowest BCUT2D eigenvalue weighted by atomic mass is 10.0. The zero-order valence-corrected chi connectivity index (χ0v) is 54.4. The van der Waals surface area contributed by atoms with Gasteiger partial charge >= 0.3 is 15.6 Å². The van der Waals surface area contributed by atoms with Crippen molar-refractivity contribution >= 4 is 15.6 Å². The van der Waals surface area contributed by atoms with Crippen molar-refractivity contribution in [1.29, 1.82) is 0 Å². The van der Waals surface area contributed by atoms with Crippen LogP contribution in [0.5, 0.6) is 0 Å². The molecule has 77 heavy (non-hydrogen) atoms. The molecule has 0 rings (SSSR count). The average molecular weight is 1140 g/mol. The van der Waals surface area contributed by atoms with E-state index in [0.29, 0.717) is 0 Å². The van der Waals surface area contributed by atoms with Gasteiger partial charge in [0.25, 0.3) is 0 Å². The molecule has 0 saturated carbocycles. The third-order valence-corrected chi connectivity index (χ3v) is 16.1. The van der Waals surface area contributed by atoms with E-state index in [1.165, 1.54) is 360 Å². The zero-order valence-electron chi connectivity index (χ0n) is 52.6. The Labute approximate surface area is 483 Å². The van der Waals surface area contributed by atoms with Crippen molar-refractivity contribution in [2.24, 2.45) is 22.9 Å². The molecule has 0 saturated heterocycles. The Morgan fingerprint density at radius 3 is 0.364 bits per heavy atom. The molecule has 11 nitrogen and oxygen atoms in total. The van der Waals surface area contributed by atoms with E-state index in [2.05, 4.69) is 32.0 Å². The number of unbranched alkanes of at least 4 members (excludes halogenated alkanes) is 52. The van der Waals surface area contributed by atoms with Crippen LogP contribution in [0, 0.1) is 0 Å². The first-order valence-corrected chi connectivity index (χ1v) is 37.1. The van der Waals surface area contributed by atoms with E-state index in [9.17, 15) is 9.13 Å². The van der Waals surface area contributed by atoms with E-state index < -0.39 is 15.6 Å². The van der Waals surface area contributed by atoms with Crippen LogP contribution in [0.3, 0.4) is 0 Å². The summed E-state index contributed by atoms with van der Waals surface area (Å²) in [6.45, 7) is 12.6. The largest absolute Gasteiger partial charge is 0.478 e. The maximum atomic E-state index is 9.63. The third-order valence-electron chi connectivity index (χ3n) is 14.4. The van der Waals surface area contributed by atoms with Gasteiger partial charge in [-0.3, -0.25) is 0 Å². The lowest BCUT2D eigenvalue weighted by molar-refractivity contribution is 0.225. The predicted molar refractivity (Wildman–Crippen MR) is 343 cm³/mol. The first-order valence-electron chi connectivity index (χ1n) is 34.0. The van der Waals surface area contributed by atoms with Crippen LogP contribution >= 0.6 is 15.6 Å². The maximum Gasteiger partial charge on any atom is 0.478 e. The summed E-state index contributed by atoms with van der Waals surface area (Å²) < 4.78 is 22.2. The Bertz CT molecular complexity index is 876. The van der Waals surface area contributed by atoms with E-state index in [4.69, 9.17) is 42.5 Å². The molecule has 0 heterocycles. The molecular weight excluding hydrogens is 999 g/mol. The van der Waals surface area contributed by atoms with Crippen molar-refractivity contribution in [2.75, 3.05) is 26.2 Å². The highest BCUT2D eigenvalue weighted by molar-refractivity contribution is 7.60. The van der Waals surface area contributed by atoms with Crippen molar-refractivity contribution in [3.8, 4) is 0 Å². The van der Waals surface area contributed by atoms with Gasteiger partial charge in [0.05, 0.1) is 0 Å². The van der Waals surface area contributed by atoms with Crippen LogP contribution in [0.4, 0.5) is 0 Å². The highest BCUT2D eigenvalue weighted by atomic mass is 31.3. The summed E-state index contributed by atoms with van der Waals surface area (Å²) in [4.78, 5) is 31.0. The summed E-state index contributed by atoms with van der Waals surface area (Å²) in [6, 6.07) is 0. The maximum absolute atomic E-state index is 9.63. The molecule has 0 bridgehead atoms. The number of phosphoric acid groups is 2. The Hall–Kier alpha value is 0.100. The van der Waals surface area contributed by atoms with E-state index in [1.807, 2.05) is 0 Å². The molecule has 0 aliphatic carbocycles. The summed E-state index contributed by atoms with van der Waals surface area (Å²) in [5, 5.41) is 0. The summed E-state index contributed by atoms with van der Waals surface area (Å²) in [5.41, 5.74) is 21.9. The quantitative estimate of drug-likeness (QED) is 0.0211. The fraction of sp³-hybridized carbons (Fsp3) is 1.00. The van der Waals surface area contributed by atoms with Gasteiger partial charge < -0.3 is 42.5 Å². The average Bonchev–Trinajstić information content (AvgIpc) is 3.39. The monoisotopic (exact) mass is 1140 g/mol. The fourth-order valence-corrected chi connectivity index (χ4v) is 10.6. The van der Waals surface area contributed by atoms with Gasteiger partial charge in [0.1, 0.15) is 0 Å². The molecule has 0 aromatic rings. The van der Waals surface area contributed by atoms with Crippen molar-refractivity contribution in [3.63, 3.8) is 0 Å². The first-order chi connectivity index (χ1) is 37.4. The van der Waals surface area contributed by atoms with Crippen molar-refractivity contribution in [1.82, 2.24) is 0 Å². The van der Waals surface area contributed by atoms with Crippen LogP contribution in [-0.4, -0.2) is 45.8 Å². The van der Waals surface area contributed by atoms with Crippen LogP contribution in [0.15, 0.2) is 0 Å². The van der Waals surface area contributed by atoms with Crippen LogP contribution in [0.1, 0.15) is 387 Å². The van der Waals surface area contributed by atoms with Crippen LogP contribution in [0.25, 0.3) is 0 Å². The molecule has 0 aromatic heterocycles. The summed E-state index contributed by atoms with van der Waals surface area (Å²) in [6.07, 6.45) is 79.5. The molecule has 0 fully saturated rings. The molecule has 0 amide bonds. The standard InChI is InChI=1S/4C16H35N.H4O7P2/c4*1-2-3-4-5-6-7-8-9-10-11-12-13-14-15-16-17;1-8(2,3)7-9(4,5)6/h4*2-17H2,1H3;(H2,1,2,3)(H2,4,5,6). The molecule has 0 aliphatic heterocycles. The Kier molecular flexibility index (Phi) is 89.6. The highest BCUT2D eigenvalue weighted by Crippen LogP contribution is 2.53. The number of hydrogen-bond acceptors (Lipinski definition) is 7. The van der Waals surface area contributed by atoms with Gasteiger partial charge in [0.15, 0.2) is 0 Å². The molecule has 0 spiro atoms. The minimum atomic E-state index is -5.05. The topological polar surface area (TPSA) is 228 Å². The molecule has 0 radical (unpaired) electrons. The van der Waals surface area contributed by atoms with E-state index in [0.717, 1.165) is 26.2 Å². The predicted octanol–water partition coefficient (Wildman–Crippen LogP) is 20.9. The van der Waals surface area contributed by atoms with Gasteiger partial charge in [-0.05, 0) is 51.9 Å². The molecule has 0 unspecified atom stereocenters. The Morgan fingerprint density at radius 1 is 0.208 bits per heavy atom. The lowest BCUT2D eigenvalue weighted by Gasteiger charge is -2.03. The number of rotatable bonds is 58. The third kappa shape index (κ3) is 108. The van der Waals surface area contributed by atoms with Gasteiger partial charge in [-0.1, -0.05) is 362 Å². The zero-order chi connectivity index (χ0) is 58.1. The van der Waals surface area contributed by atoms with Crippen LogP contribution in [0.2, 0.25) is 0 Å². The lowest BCUT2D eigenvalue weighted by Crippen LogP contribution is -1.97. The Morgan fingerprint density at radius 2 is 0.299 bits per heavy atom. The van der Waals surface area contributed by atoms with Crippen molar-refractivity contribution in [3.05, 3.63) is 0 Å². The number of hydrogen-bond donors (Lipinski definition) is 8. The molecular formula is C64H144N4O7P2. The van der Waals surface area contributed by atoms with E-state index >= 15 is 0 Å². The van der Waals surface area contributed by atoms with Gasteiger partial charge in [-0.25, -0.2) is 9.13 Å². The van der Waals surface area contributed by atoms with Gasteiger partial charge in [-0.2, -0.15) is 4.31 Å². The second-order valence-electron chi connectivity index (χ2n) is 22.6. The molecule has 0 aromatic carbocycles. The van der Waals surface area contributed by atoms with Gasteiger partial charge in [-0.15, -0.1) is 0 Å². The molecule has 472 valence electrons. The SMILES string of the molecule is CCCCCCCCCCCCCCCCN.CCCCCCCCCCCCCCCCN.CCCCCCCCCCCCCCCCN.CCCCCCCCCCCCCCCCN.O=P(O)(O)OP(=O)(O)O. The fourth-order valence-electron chi connectivity index (χ4n) is 9.49. The minimum absolute atomic E-state index is 0.873. The summed E-state index contributed by atoms with van der Waals surface area (Å²) in [5.74, 6) is 0. The van der Waals surface area contributed by atoms with Crippen molar-refractivity contribution in [2.45, 2.75) is 387 Å². The normalized spacial score (nSPS) is 11.3. The van der Waals surface area contributed by atoms with Crippen molar-refractivity contribution < 1.29 is 33.0 Å². The highest BCUT2D eigenvalue weighted by Gasteiger charge is 2.28. The van der Waals surface area contributed by atoms with Crippen LogP contribution < -0.4 is 22.9 Å². The summed E-state index contributed by atoms with van der Waals surface area (Å²) >= 11 is 0. The smallest absolute Gasteiger partial charge is 0.330 e. The van der Waals surface area contributed by atoms with E-state index in [-0.39, 0.29) is 0 Å². The molecule has 0 aliphatic rings. The Balaban J connectivity index is -0.000000284. The second-order valence-corrected chi connectivity index (χ2v) is 25.2. The molecule has 12 N–H and O–H groups in total. The van der Waals surface area contributed by atoms with Gasteiger partial charge in [0, 0.05) is 0 Å². The summed E-state index contributed by atoms with van der Waals surface area (Å²) in [7, 11) is -10.1. The molecule has 13 heteroatoms.